The molecule has 0 amide bonds. The molecule has 5 aliphatic rings. The summed E-state index contributed by atoms with van der Waals surface area (Å²) in [5.41, 5.74) is 0. The Bertz CT molecular complexity index is 5780. The number of rotatable bonds is 55. The SMILES string of the molecule is CCCCCCCCCCOC1O[C@H](COS(=O)(=O)O)[C@@H](OS(=O)(=O)O)[C@H](O[C@@H]2O[C@H](COS(=O)(=O)O)[C@@H](OS(=O)(=O)O)[C@H](O[C@@H]3O[C@H](COS(=O)(=O)O)[C@@H](OS(=O)(=O)O)[C@H](O[C@@H]4O[C@H](COS(=O)(=O)O)[C@@H](OS(=O)(=O)O)[C@H](O[C@@H]5O[C@H](COS(=O)(=O)O)[C@@H](OS(=O)(=O)O)[C@H](OS(=O)(=O)O)[C@H]5OS(=O)(=O)O)[C@H]4OS(=O)(=O)O)[C@H]3OS(=O)(=O)O)[C@H]2OS(=O)(=O)O)[C@H]1OS(=O)(=O)O. The molecule has 0 aliphatic carbocycles. The van der Waals surface area contributed by atoms with Gasteiger partial charge in [-0.2, -0.15) is 135 Å². The van der Waals surface area contributed by atoms with Gasteiger partial charge in [-0.3, -0.25) is 72.8 Å². The first kappa shape index (κ1) is 118. The van der Waals surface area contributed by atoms with E-state index in [1.54, 1.807) is 0 Å². The largest absolute Gasteiger partial charge is 0.397 e. The van der Waals surface area contributed by atoms with E-state index in [0.29, 0.717) is 25.7 Å². The first-order chi connectivity index (χ1) is 58.3. The number of ether oxygens (including phenoxy) is 10. The van der Waals surface area contributed by atoms with E-state index in [-0.39, 0.29) is 12.8 Å². The molecule has 0 radical (unpaired) electrons. The number of hydrogen-bond donors (Lipinski definition) is 16. The number of hydrogen-bond acceptors (Lipinski definition) is 58. The lowest BCUT2D eigenvalue weighted by Gasteiger charge is -2.51. The van der Waals surface area contributed by atoms with Crippen LogP contribution in [0.5, 0.6) is 0 Å². The molecule has 772 valence electrons. The zero-order valence-electron chi connectivity index (χ0n) is 62.7. The average molecular weight is 2250 g/mol. The Labute approximate surface area is 734 Å². The Balaban J connectivity index is 2.04. The fourth-order valence-corrected chi connectivity index (χ4v) is 18.8. The molecule has 0 saturated carbocycles. The second-order valence-corrected chi connectivity index (χ2v) is 42.4. The van der Waals surface area contributed by atoms with E-state index in [1.807, 2.05) is 6.92 Å². The monoisotopic (exact) mass is 2250 g/mol. The third kappa shape index (κ3) is 44.3. The van der Waals surface area contributed by atoms with Crippen LogP contribution >= 0.6 is 0 Å². The van der Waals surface area contributed by atoms with Crippen molar-refractivity contribution in [3.63, 3.8) is 0 Å². The van der Waals surface area contributed by atoms with Crippen LogP contribution in [0.25, 0.3) is 0 Å². The molecule has 5 heterocycles. The molecule has 74 nitrogen and oxygen atoms in total. The van der Waals surface area contributed by atoms with Crippen LogP contribution in [0.3, 0.4) is 0 Å². The first-order valence-electron chi connectivity index (χ1n) is 33.1. The van der Waals surface area contributed by atoms with Gasteiger partial charge in [-0.1, -0.05) is 51.9 Å². The fourth-order valence-electron chi connectivity index (χ4n) is 11.8. The highest BCUT2D eigenvalue weighted by Gasteiger charge is 2.65. The van der Waals surface area contributed by atoms with Gasteiger partial charge in [0.15, 0.2) is 62.0 Å². The van der Waals surface area contributed by atoms with Crippen molar-refractivity contribution < 1.29 is 322 Å². The van der Waals surface area contributed by atoms with Crippen molar-refractivity contribution in [2.24, 2.45) is 0 Å². The van der Waals surface area contributed by atoms with Gasteiger partial charge in [-0.15, -0.1) is 0 Å². The normalized spacial score (nSPS) is 31.7. The van der Waals surface area contributed by atoms with Gasteiger partial charge >= 0.3 is 166 Å². The van der Waals surface area contributed by atoms with Crippen LogP contribution in [-0.4, -0.2) is 401 Å². The van der Waals surface area contributed by atoms with E-state index < -0.39 is 360 Å². The van der Waals surface area contributed by atoms with Crippen LogP contribution in [0.4, 0.5) is 0 Å². The molecule has 0 spiro atoms. The van der Waals surface area contributed by atoms with Gasteiger partial charge < -0.3 is 47.4 Å². The van der Waals surface area contributed by atoms with Crippen molar-refractivity contribution in [3.8, 4) is 0 Å². The molecule has 0 aromatic heterocycles. The van der Waals surface area contributed by atoms with Crippen molar-refractivity contribution >= 4 is 166 Å². The van der Waals surface area contributed by atoms with E-state index >= 15 is 0 Å². The van der Waals surface area contributed by atoms with E-state index in [9.17, 15) is 208 Å². The maximum Gasteiger partial charge on any atom is 0.397 e. The molecule has 0 aromatic rings. The molecule has 5 aliphatic heterocycles. The van der Waals surface area contributed by atoms with Gasteiger partial charge in [-0.25, -0.2) is 66.9 Å². The van der Waals surface area contributed by atoms with E-state index in [4.69, 9.17) is 47.4 Å². The van der Waals surface area contributed by atoms with E-state index in [0.717, 1.165) is 12.8 Å². The van der Waals surface area contributed by atoms with Crippen molar-refractivity contribution in [2.75, 3.05) is 39.6 Å². The highest BCUT2D eigenvalue weighted by Crippen LogP contribution is 2.44. The fraction of sp³-hybridized carbons (Fsp3) is 1.00. The Morgan fingerprint density at radius 3 is 0.531 bits per heavy atom. The molecule has 1 unspecified atom stereocenters. The van der Waals surface area contributed by atoms with Crippen molar-refractivity contribution in [1.82, 2.24) is 0 Å². The van der Waals surface area contributed by atoms with Crippen LogP contribution in [0.1, 0.15) is 58.3 Å². The van der Waals surface area contributed by atoms with Crippen LogP contribution < -0.4 is 0 Å². The molecule has 130 heavy (non-hydrogen) atoms. The molecule has 16 N–H and O–H groups in total. The summed E-state index contributed by atoms with van der Waals surface area (Å²) in [6, 6.07) is 0. The Morgan fingerprint density at radius 1 is 0.185 bits per heavy atom. The smallest absolute Gasteiger partial charge is 0.350 e. The third-order valence-electron chi connectivity index (χ3n) is 15.9. The quantitative estimate of drug-likeness (QED) is 0.0199. The highest BCUT2D eigenvalue weighted by molar-refractivity contribution is 7.84. The molecule has 0 bridgehead atoms. The van der Waals surface area contributed by atoms with Gasteiger partial charge in [0.05, 0.1) is 33.0 Å². The van der Waals surface area contributed by atoms with Gasteiger partial charge in [0.2, 0.25) is 0 Å². The zero-order valence-corrected chi connectivity index (χ0v) is 75.8. The minimum atomic E-state index is -7.12. The van der Waals surface area contributed by atoms with Crippen LogP contribution in [0.15, 0.2) is 0 Å². The summed E-state index contributed by atoms with van der Waals surface area (Å²) in [5.74, 6) is 0. The Kier molecular flexibility index (Phi) is 41.6. The summed E-state index contributed by atoms with van der Waals surface area (Å²) in [6.07, 6.45) is -91.8. The Morgan fingerprint density at radius 2 is 0.338 bits per heavy atom. The van der Waals surface area contributed by atoms with Crippen molar-refractivity contribution in [2.45, 2.75) is 212 Å². The standard InChI is InChI=1S/C40H72O74S16/c1-2-3-4-5-6-7-8-9-10-89-36-31(110-126(74,75)76)26(21(104-120(56,57)58)16(95-36)11-90-115(41,42)43)100-37-32(111-127(77,78)79)27(22(105-121(59,60)61)17(96-37)12-91-116(44,45)46)101-38-33(112-128(80,81)82)28(23(106-122(62,63)64)18(97-38)13-92-117(47,48)49)102-39-34(113-129(83,84)85)29(24(107-123(65,66)67)19(98-39)14-93-118(50,51)52)103-40-35(114-130(86,87)88)30(109-125(71,72)73)25(108-124(68,69)70)20(99-40)15-94-119(53,54)55/h16-40H,2-15H2,1H3,(H,41,42,43)(H,44,45,46)(H,47,48,49)(H,50,51,52)(H,53,54,55)(H,56,57,58)(H,59,60,61)(H,62,63,64)(H,65,66,67)(H,68,69,70)(H,71,72,73)(H,74,75,76)(H,77,78,79)(H,80,81,82)(H,83,84,85)(H,86,87,88)/t16-,17-,18-,19-,20-,21-,22-,23-,24-,25-,26+,27+,28+,29+,30+,31-,32-,33-,34-,35-,36?,37+,38+,39+,40+/m1/s1. The summed E-state index contributed by atoms with van der Waals surface area (Å²) in [4.78, 5) is 0. The van der Waals surface area contributed by atoms with Gasteiger partial charge in [0, 0.05) is 6.61 Å². The second kappa shape index (κ2) is 45.8. The molecular weight excluding hydrogens is 2180 g/mol. The van der Waals surface area contributed by atoms with E-state index in [2.05, 4.69) is 66.9 Å². The minimum Gasteiger partial charge on any atom is -0.350 e. The van der Waals surface area contributed by atoms with Crippen molar-refractivity contribution in [1.29, 1.82) is 0 Å². The topological polar surface area (TPSA) is 1110 Å². The molecule has 25 atom stereocenters. The predicted octanol–water partition coefficient (Wildman–Crippen LogP) is -10.5. The van der Waals surface area contributed by atoms with Gasteiger partial charge in [0.1, 0.15) is 91.6 Å². The number of unbranched alkanes of at least 4 members (excludes halogenated alkanes) is 7. The summed E-state index contributed by atoms with van der Waals surface area (Å²) in [6.45, 7) is -11.0. The maximum atomic E-state index is 13.4. The molecule has 5 saturated heterocycles. The van der Waals surface area contributed by atoms with Crippen LogP contribution in [-0.2, 0) is 281 Å². The average Bonchev–Trinajstić information content (AvgIpc) is 0.744. The van der Waals surface area contributed by atoms with E-state index in [1.165, 1.54) is 0 Å². The van der Waals surface area contributed by atoms with Gasteiger partial charge in [-0.05, 0) is 6.42 Å². The summed E-state index contributed by atoms with van der Waals surface area (Å²) in [7, 11) is -106. The zero-order chi connectivity index (χ0) is 99.7. The van der Waals surface area contributed by atoms with Crippen LogP contribution in [0, 0.1) is 0 Å². The first-order valence-corrected chi connectivity index (χ1v) is 55.0. The summed E-state index contributed by atoms with van der Waals surface area (Å²) >= 11 is 0. The summed E-state index contributed by atoms with van der Waals surface area (Å²) in [5, 5.41) is 0. The second-order valence-electron chi connectivity index (χ2n) is 25.4. The van der Waals surface area contributed by atoms with Gasteiger partial charge in [0.25, 0.3) is 0 Å². The molecular formula is C40H72O74S16. The van der Waals surface area contributed by atoms with Crippen molar-refractivity contribution in [3.05, 3.63) is 0 Å². The maximum absolute atomic E-state index is 13.4. The third-order valence-corrected chi connectivity index (χ3v) is 23.2. The highest BCUT2D eigenvalue weighted by atomic mass is 32.3. The molecule has 90 heteroatoms. The van der Waals surface area contributed by atoms with Crippen LogP contribution in [0.2, 0.25) is 0 Å². The predicted molar refractivity (Wildman–Crippen MR) is 379 cm³/mol. The Hall–Kier alpha value is -2.48. The molecule has 5 rings (SSSR count). The lowest BCUT2D eigenvalue weighted by atomic mass is 9.95. The molecule has 5 fully saturated rings. The lowest BCUT2D eigenvalue weighted by Crippen LogP contribution is -2.70. The molecule has 0 aromatic carbocycles. The summed E-state index contributed by atoms with van der Waals surface area (Å²) < 4.78 is 691. The minimum absolute atomic E-state index is 0.112. The lowest BCUT2D eigenvalue weighted by molar-refractivity contribution is -0.385.